The number of nitrogens with one attached hydrogen (secondary N) is 1. The summed E-state index contributed by atoms with van der Waals surface area (Å²) in [4.78, 5) is 65.9. The van der Waals surface area contributed by atoms with E-state index in [4.69, 9.17) is 58.2 Å². The molecule has 87 heavy (non-hydrogen) atoms. The molecule has 2 bridgehead atoms. The van der Waals surface area contributed by atoms with E-state index in [9.17, 15) is 24.0 Å². The maximum absolute atomic E-state index is 14.8. The number of likely N-dealkylation sites (N-methyl/N-ethyl adjacent to an activating group) is 1. The zero-order chi connectivity index (χ0) is 62.2. The highest BCUT2D eigenvalue weighted by Crippen LogP contribution is 2.44. The first-order chi connectivity index (χ1) is 41.7. The van der Waals surface area contributed by atoms with E-state index in [1.807, 2.05) is 77.4 Å². The summed E-state index contributed by atoms with van der Waals surface area (Å²) in [5, 5.41) is 19.9. The number of piperazine rings is 1. The summed E-state index contributed by atoms with van der Waals surface area (Å²) in [5.74, 6) is 0.463. The van der Waals surface area contributed by atoms with Crippen LogP contribution >= 0.6 is 23.2 Å². The van der Waals surface area contributed by atoms with E-state index in [1.165, 1.54) is 34.0 Å². The standard InChI is InChI=1S/C65H78Cl2FN13O6/c1-9-87-56-37-45(64(3,4)5)16-22-50(56)60(74-65(6,44-14-19-47(67)20-15-44)42(2)43-12-17-46(66)18-13-43)73-63(84)79-29-27-78(28-30-79)32-34-86-36-35-85-33-24-57(82)76(7)26-31-81-55(39-69)58-52-40-71-59(70)61(72-52)80-25-10-11-54(80)51-38-48(68)21-23-49(51)62(83)77(8)41-53(58)75-81/h12-23,37-38,40,42,54H,9-11,24-36,41H2,1-8H3,(H2,70,71)(H,73,74,84)/t42-,54+,65+/m0/s1. The highest BCUT2D eigenvalue weighted by Gasteiger charge is 2.38. The number of aliphatic imine (C=N–C) groups is 1. The Labute approximate surface area is 519 Å². The second kappa shape index (κ2) is 28.0. The number of amidine groups is 1. The molecule has 0 spiro atoms. The van der Waals surface area contributed by atoms with Gasteiger partial charge >= 0.3 is 6.03 Å². The molecule has 3 aliphatic rings. The second-order valence-corrected chi connectivity index (χ2v) is 24.4. The summed E-state index contributed by atoms with van der Waals surface area (Å²) in [6.07, 6.45) is 3.03. The lowest BCUT2D eigenvalue weighted by Crippen LogP contribution is -2.53. The van der Waals surface area contributed by atoms with Crippen LogP contribution in [-0.2, 0) is 38.3 Å². The Morgan fingerprint density at radius 3 is 2.30 bits per heavy atom. The lowest BCUT2D eigenvalue weighted by molar-refractivity contribution is -0.131. The molecule has 2 fully saturated rings. The van der Waals surface area contributed by atoms with Crippen LogP contribution in [0, 0.1) is 17.1 Å². The van der Waals surface area contributed by atoms with Crippen molar-refractivity contribution in [3.05, 3.63) is 152 Å². The SMILES string of the molecule is CCOc1cc(C(C)(C)C)ccc1C(=N[C@@](C)(c1ccc(Cl)cc1)[C@@H](C)c1ccc(Cl)cc1)NC(=O)N1CCN(CCOCCOCCC(=O)N(C)CCn2nc3c(c2C#N)-c2cnc(N)c(n2)N2CCC[C@@H]2c2cc(F)ccc2C(=O)N(C)C3)CC1. The van der Waals surface area contributed by atoms with Gasteiger partial charge in [-0.1, -0.05) is 81.2 Å². The molecule has 0 aliphatic carbocycles. The summed E-state index contributed by atoms with van der Waals surface area (Å²) < 4.78 is 34.4. The number of nitrogens with two attached hydrogens (primary N) is 1. The molecule has 2 aromatic heterocycles. The summed E-state index contributed by atoms with van der Waals surface area (Å²) in [6, 6.07) is 27.4. The number of nitrogen functional groups attached to an aromatic ring is 1. The fourth-order valence-electron chi connectivity index (χ4n) is 11.4. The normalized spacial score (nSPS) is 16.6. The smallest absolute Gasteiger partial charge is 0.323 e. The Kier molecular flexibility index (Phi) is 20.5. The van der Waals surface area contributed by atoms with Gasteiger partial charge in [0.1, 0.15) is 29.2 Å². The molecule has 3 N–H and O–H groups in total. The number of ether oxygens (including phenoxy) is 3. The lowest BCUT2D eigenvalue weighted by atomic mass is 9.77. The first-order valence-electron chi connectivity index (χ1n) is 29.7. The molecular formula is C65H78Cl2FN13O6. The van der Waals surface area contributed by atoms with Crippen molar-refractivity contribution in [1.29, 1.82) is 5.26 Å². The fourth-order valence-corrected chi connectivity index (χ4v) is 11.7. The van der Waals surface area contributed by atoms with E-state index in [-0.39, 0.29) is 79.4 Å². The number of fused-ring (bicyclic) bond motifs is 8. The maximum atomic E-state index is 14.8. The Bertz CT molecular complexity index is 3510. The van der Waals surface area contributed by atoms with Gasteiger partial charge in [-0.25, -0.2) is 19.2 Å². The van der Waals surface area contributed by atoms with Crippen LogP contribution in [0.15, 0.2) is 96.1 Å². The van der Waals surface area contributed by atoms with Crippen molar-refractivity contribution >= 4 is 58.5 Å². The van der Waals surface area contributed by atoms with Crippen LogP contribution in [0.2, 0.25) is 10.0 Å². The predicted molar refractivity (Wildman–Crippen MR) is 336 cm³/mol. The largest absolute Gasteiger partial charge is 0.493 e. The molecule has 0 saturated carbocycles. The molecule has 3 atom stereocenters. The van der Waals surface area contributed by atoms with Crippen molar-refractivity contribution < 1.29 is 33.0 Å². The molecule has 0 unspecified atom stereocenters. The van der Waals surface area contributed by atoms with Crippen LogP contribution in [0.4, 0.5) is 20.8 Å². The zero-order valence-corrected chi connectivity index (χ0v) is 52.4. The highest BCUT2D eigenvalue weighted by atomic mass is 35.5. The molecule has 5 heterocycles. The first-order valence-corrected chi connectivity index (χ1v) is 30.4. The van der Waals surface area contributed by atoms with E-state index in [1.54, 1.807) is 19.0 Å². The van der Waals surface area contributed by atoms with Crippen molar-refractivity contribution in [3.63, 3.8) is 0 Å². The van der Waals surface area contributed by atoms with Crippen LogP contribution in [0.3, 0.4) is 0 Å². The number of anilines is 2. The number of halogens is 3. The molecule has 4 aromatic carbocycles. The number of hydrogen-bond donors (Lipinski definition) is 2. The molecule has 3 aliphatic heterocycles. The van der Waals surface area contributed by atoms with Gasteiger partial charge in [0.15, 0.2) is 11.6 Å². The predicted octanol–water partition coefficient (Wildman–Crippen LogP) is 10.2. The lowest BCUT2D eigenvalue weighted by Gasteiger charge is -2.36. The van der Waals surface area contributed by atoms with Crippen LogP contribution in [0.1, 0.15) is 122 Å². The van der Waals surface area contributed by atoms with Gasteiger partial charge in [-0.15, -0.1) is 0 Å². The number of nitriles is 1. The Hall–Kier alpha value is -7.67. The van der Waals surface area contributed by atoms with E-state index >= 15 is 0 Å². The van der Waals surface area contributed by atoms with Gasteiger partial charge in [0.05, 0.1) is 92.8 Å². The number of hydrogen-bond acceptors (Lipinski definition) is 14. The van der Waals surface area contributed by atoms with E-state index in [0.29, 0.717) is 133 Å². The van der Waals surface area contributed by atoms with Crippen LogP contribution in [-0.4, -0.2) is 156 Å². The van der Waals surface area contributed by atoms with Gasteiger partial charge in [-0.3, -0.25) is 29.5 Å². The molecule has 0 radical (unpaired) electrons. The minimum atomic E-state index is -0.897. The van der Waals surface area contributed by atoms with Crippen molar-refractivity contribution in [2.75, 3.05) is 104 Å². The minimum Gasteiger partial charge on any atom is -0.493 e. The third-order valence-corrected chi connectivity index (χ3v) is 17.3. The van der Waals surface area contributed by atoms with E-state index in [0.717, 1.165) is 23.1 Å². The fraction of sp³-hybridized carbons (Fsp3) is 0.446. The number of carbonyl (C=O) groups excluding carboxylic acids is 3. The van der Waals surface area contributed by atoms with E-state index in [2.05, 4.69) is 62.0 Å². The van der Waals surface area contributed by atoms with Crippen molar-refractivity contribution in [3.8, 4) is 23.1 Å². The average Bonchev–Trinajstić information content (AvgIpc) is 1.99. The summed E-state index contributed by atoms with van der Waals surface area (Å²) >= 11 is 12.8. The second-order valence-electron chi connectivity index (χ2n) is 23.5. The van der Waals surface area contributed by atoms with Gasteiger partial charge in [-0.2, -0.15) is 10.4 Å². The Morgan fingerprint density at radius 1 is 0.920 bits per heavy atom. The number of nitrogens with zero attached hydrogens (tertiary/aromatic N) is 11. The number of aromatic nitrogens is 4. The van der Waals surface area contributed by atoms with Crippen molar-refractivity contribution in [2.45, 2.75) is 96.8 Å². The highest BCUT2D eigenvalue weighted by molar-refractivity contribution is 6.30. The number of amides is 4. The quantitative estimate of drug-likeness (QED) is 0.0439. The Morgan fingerprint density at radius 2 is 1.61 bits per heavy atom. The molecule has 2 saturated heterocycles. The molecule has 6 aromatic rings. The minimum absolute atomic E-state index is 0.0136. The van der Waals surface area contributed by atoms with Crippen molar-refractivity contribution in [2.24, 2.45) is 4.99 Å². The third-order valence-electron chi connectivity index (χ3n) is 16.8. The first kappa shape index (κ1) is 63.8. The zero-order valence-electron chi connectivity index (χ0n) is 50.9. The number of urea groups is 1. The van der Waals surface area contributed by atoms with Gasteiger partial charge in [-0.05, 0) is 109 Å². The number of carbonyl (C=O) groups is 3. The molecule has 22 heteroatoms. The monoisotopic (exact) mass is 1230 g/mol. The van der Waals surface area contributed by atoms with Crippen LogP contribution < -0.4 is 20.7 Å². The summed E-state index contributed by atoms with van der Waals surface area (Å²) in [7, 11) is 3.32. The molecule has 19 nitrogen and oxygen atoms in total. The molecular weight excluding hydrogens is 1150 g/mol. The summed E-state index contributed by atoms with van der Waals surface area (Å²) in [6.45, 7) is 18.2. The van der Waals surface area contributed by atoms with Gasteiger partial charge in [0, 0.05) is 81.4 Å². The van der Waals surface area contributed by atoms with Gasteiger partial charge in [0.2, 0.25) is 5.91 Å². The van der Waals surface area contributed by atoms with Crippen LogP contribution in [0.25, 0.3) is 11.3 Å². The molecule has 460 valence electrons. The van der Waals surface area contributed by atoms with Crippen LogP contribution in [0.5, 0.6) is 5.75 Å². The van der Waals surface area contributed by atoms with Gasteiger partial charge in [0.25, 0.3) is 5.91 Å². The molecule has 9 rings (SSSR count). The topological polar surface area (TPSA) is 213 Å². The average molecular weight is 1230 g/mol. The number of benzene rings is 4. The molecule has 4 amide bonds. The van der Waals surface area contributed by atoms with Gasteiger partial charge < -0.3 is 39.5 Å². The van der Waals surface area contributed by atoms with E-state index < -0.39 is 11.4 Å². The summed E-state index contributed by atoms with van der Waals surface area (Å²) in [5.41, 5.74) is 11.4. The Balaban J connectivity index is 0.762. The maximum Gasteiger partial charge on any atom is 0.323 e. The number of rotatable bonds is 19. The van der Waals surface area contributed by atoms with Crippen molar-refractivity contribution in [1.82, 2.24) is 44.7 Å². The third kappa shape index (κ3) is 14.8.